The number of fused-ring (bicyclic) bond motifs is 1. The van der Waals surface area contributed by atoms with Gasteiger partial charge in [-0.25, -0.2) is 4.98 Å². The van der Waals surface area contributed by atoms with Crippen molar-refractivity contribution in [1.82, 2.24) is 9.38 Å². The lowest BCUT2D eigenvalue weighted by Crippen LogP contribution is -2.06. The highest BCUT2D eigenvalue weighted by Crippen LogP contribution is 2.23. The van der Waals surface area contributed by atoms with E-state index in [2.05, 4.69) is 28.4 Å². The quantitative estimate of drug-likeness (QED) is 0.787. The van der Waals surface area contributed by atoms with Crippen molar-refractivity contribution in [2.75, 3.05) is 6.54 Å². The number of aromatic nitrogens is 2. The van der Waals surface area contributed by atoms with Crippen molar-refractivity contribution in [3.8, 4) is 5.75 Å². The van der Waals surface area contributed by atoms with Gasteiger partial charge in [0.25, 0.3) is 0 Å². The molecule has 0 spiro atoms. The van der Waals surface area contributed by atoms with E-state index in [4.69, 9.17) is 10.5 Å². The van der Waals surface area contributed by atoms with Crippen LogP contribution in [0.15, 0.2) is 42.6 Å². The fourth-order valence-electron chi connectivity index (χ4n) is 2.68. The largest absolute Gasteiger partial charge is 0.485 e. The van der Waals surface area contributed by atoms with Gasteiger partial charge in [-0.15, -0.1) is 0 Å². The van der Waals surface area contributed by atoms with Crippen LogP contribution in [-0.2, 0) is 13.0 Å². The molecule has 4 heteroatoms. The number of pyridine rings is 1. The van der Waals surface area contributed by atoms with Gasteiger partial charge in [-0.05, 0) is 43.7 Å². The average Bonchev–Trinajstić information content (AvgIpc) is 2.84. The minimum absolute atomic E-state index is 0.546. The Morgan fingerprint density at radius 3 is 2.73 bits per heavy atom. The number of hydrogen-bond donors (Lipinski definition) is 1. The van der Waals surface area contributed by atoms with Crippen molar-refractivity contribution in [1.29, 1.82) is 0 Å². The molecule has 0 saturated carbocycles. The van der Waals surface area contributed by atoms with Gasteiger partial charge in [0.15, 0.2) is 11.4 Å². The molecule has 0 aliphatic rings. The third kappa shape index (κ3) is 2.70. The summed E-state index contributed by atoms with van der Waals surface area (Å²) in [6.45, 7) is 5.27. The van der Waals surface area contributed by atoms with Crippen molar-refractivity contribution >= 4 is 5.65 Å². The van der Waals surface area contributed by atoms with Gasteiger partial charge in [0.1, 0.15) is 6.61 Å². The van der Waals surface area contributed by atoms with Crippen LogP contribution in [0.2, 0.25) is 0 Å². The molecule has 0 unspecified atom stereocenters. The van der Waals surface area contributed by atoms with Crippen LogP contribution in [0.25, 0.3) is 5.65 Å². The van der Waals surface area contributed by atoms with Crippen LogP contribution in [0.5, 0.6) is 5.75 Å². The van der Waals surface area contributed by atoms with Gasteiger partial charge in [-0.3, -0.25) is 0 Å². The summed E-state index contributed by atoms with van der Waals surface area (Å²) in [4.78, 5) is 4.65. The summed E-state index contributed by atoms with van der Waals surface area (Å²) < 4.78 is 8.10. The van der Waals surface area contributed by atoms with Gasteiger partial charge in [0.05, 0.1) is 5.69 Å². The van der Waals surface area contributed by atoms with Gasteiger partial charge < -0.3 is 14.9 Å². The second kappa shape index (κ2) is 6.20. The molecule has 0 amide bonds. The zero-order valence-electron chi connectivity index (χ0n) is 13.0. The van der Waals surface area contributed by atoms with E-state index in [0.29, 0.717) is 13.2 Å². The van der Waals surface area contributed by atoms with Gasteiger partial charge in [-0.2, -0.15) is 0 Å². The topological polar surface area (TPSA) is 52.5 Å². The highest BCUT2D eigenvalue weighted by molar-refractivity contribution is 5.56. The third-order valence-electron chi connectivity index (χ3n) is 3.94. The van der Waals surface area contributed by atoms with E-state index >= 15 is 0 Å². The van der Waals surface area contributed by atoms with E-state index in [1.165, 1.54) is 11.1 Å². The lowest BCUT2D eigenvalue weighted by atomic mass is 10.1. The smallest absolute Gasteiger partial charge is 0.180 e. The minimum Gasteiger partial charge on any atom is -0.485 e. The van der Waals surface area contributed by atoms with Crippen LogP contribution in [-0.4, -0.2) is 15.9 Å². The molecule has 0 aliphatic carbocycles. The Labute approximate surface area is 130 Å². The van der Waals surface area contributed by atoms with E-state index in [-0.39, 0.29) is 0 Å². The number of ether oxygens (including phenoxy) is 1. The predicted octanol–water partition coefficient (Wildman–Crippen LogP) is 3.03. The molecule has 0 bridgehead atoms. The lowest BCUT2D eigenvalue weighted by Gasteiger charge is -2.10. The maximum Gasteiger partial charge on any atom is 0.180 e. The molecule has 2 N–H and O–H groups in total. The van der Waals surface area contributed by atoms with Crippen LogP contribution >= 0.6 is 0 Å². The SMILES string of the molecule is Cc1ccccc1COc1cccn2c(CCN)c(C)nc12. The molecule has 0 saturated heterocycles. The molecule has 3 aromatic rings. The molecule has 3 rings (SSSR count). The molecular formula is C18H21N3O. The zero-order chi connectivity index (χ0) is 15.5. The molecule has 114 valence electrons. The van der Waals surface area contributed by atoms with Crippen LogP contribution < -0.4 is 10.5 Å². The second-order valence-corrected chi connectivity index (χ2v) is 5.46. The maximum absolute atomic E-state index is 6.02. The fourth-order valence-corrected chi connectivity index (χ4v) is 2.68. The standard InChI is InChI=1S/C18H21N3O/c1-13-6-3-4-7-15(13)12-22-17-8-5-11-21-16(9-10-19)14(2)20-18(17)21/h3-8,11H,9-10,12,19H2,1-2H3. The predicted molar refractivity (Wildman–Crippen MR) is 88.2 cm³/mol. The molecule has 2 aromatic heterocycles. The Hall–Kier alpha value is -2.33. The number of rotatable bonds is 5. The molecule has 0 fully saturated rings. The maximum atomic E-state index is 6.02. The second-order valence-electron chi connectivity index (χ2n) is 5.46. The highest BCUT2D eigenvalue weighted by atomic mass is 16.5. The molecule has 0 radical (unpaired) electrons. The number of imidazole rings is 1. The average molecular weight is 295 g/mol. The molecule has 2 heterocycles. The van der Waals surface area contributed by atoms with Crippen molar-refractivity contribution in [2.24, 2.45) is 5.73 Å². The number of nitrogens with two attached hydrogens (primary N) is 1. The van der Waals surface area contributed by atoms with Gasteiger partial charge >= 0.3 is 0 Å². The summed E-state index contributed by atoms with van der Waals surface area (Å²) in [5.41, 5.74) is 11.1. The Kier molecular flexibility index (Phi) is 4.11. The summed E-state index contributed by atoms with van der Waals surface area (Å²) in [6, 6.07) is 12.2. The summed E-state index contributed by atoms with van der Waals surface area (Å²) in [5, 5.41) is 0. The molecular weight excluding hydrogens is 274 g/mol. The first-order valence-corrected chi connectivity index (χ1v) is 7.54. The summed E-state index contributed by atoms with van der Waals surface area (Å²) in [7, 11) is 0. The zero-order valence-corrected chi connectivity index (χ0v) is 13.0. The van der Waals surface area contributed by atoms with Crippen LogP contribution in [0.1, 0.15) is 22.5 Å². The first kappa shape index (κ1) is 14.6. The Morgan fingerprint density at radius 1 is 1.14 bits per heavy atom. The van der Waals surface area contributed by atoms with E-state index in [1.807, 2.05) is 37.4 Å². The monoisotopic (exact) mass is 295 g/mol. The first-order valence-electron chi connectivity index (χ1n) is 7.54. The van der Waals surface area contributed by atoms with E-state index in [0.717, 1.165) is 29.2 Å². The minimum atomic E-state index is 0.546. The molecule has 22 heavy (non-hydrogen) atoms. The molecule has 1 aromatic carbocycles. The van der Waals surface area contributed by atoms with Gasteiger partial charge in [0.2, 0.25) is 0 Å². The number of nitrogens with zero attached hydrogens (tertiary/aromatic N) is 2. The Bertz CT molecular complexity index is 792. The fraction of sp³-hybridized carbons (Fsp3) is 0.278. The number of hydrogen-bond acceptors (Lipinski definition) is 3. The van der Waals surface area contributed by atoms with Crippen molar-refractivity contribution < 1.29 is 4.74 Å². The molecule has 0 atom stereocenters. The number of benzene rings is 1. The highest BCUT2D eigenvalue weighted by Gasteiger charge is 2.12. The molecule has 4 nitrogen and oxygen atoms in total. The van der Waals surface area contributed by atoms with Gasteiger partial charge in [0, 0.05) is 18.3 Å². The number of aryl methyl sites for hydroxylation is 2. The van der Waals surface area contributed by atoms with Crippen molar-refractivity contribution in [3.05, 3.63) is 65.1 Å². The van der Waals surface area contributed by atoms with Gasteiger partial charge in [-0.1, -0.05) is 24.3 Å². The van der Waals surface area contributed by atoms with Crippen LogP contribution in [0.3, 0.4) is 0 Å². The first-order chi connectivity index (χ1) is 10.7. The van der Waals surface area contributed by atoms with E-state index in [1.54, 1.807) is 0 Å². The Balaban J connectivity index is 1.91. The van der Waals surface area contributed by atoms with Crippen LogP contribution in [0.4, 0.5) is 0 Å². The van der Waals surface area contributed by atoms with Crippen molar-refractivity contribution in [2.45, 2.75) is 26.9 Å². The van der Waals surface area contributed by atoms with E-state index in [9.17, 15) is 0 Å². The van der Waals surface area contributed by atoms with Crippen LogP contribution in [0, 0.1) is 13.8 Å². The normalized spacial score (nSPS) is 11.0. The van der Waals surface area contributed by atoms with Crippen molar-refractivity contribution in [3.63, 3.8) is 0 Å². The summed E-state index contributed by atoms with van der Waals surface area (Å²) in [6.07, 6.45) is 2.83. The lowest BCUT2D eigenvalue weighted by molar-refractivity contribution is 0.307. The van der Waals surface area contributed by atoms with E-state index < -0.39 is 0 Å². The third-order valence-corrected chi connectivity index (χ3v) is 3.94. The molecule has 0 aliphatic heterocycles. The summed E-state index contributed by atoms with van der Waals surface area (Å²) in [5.74, 6) is 0.803. The Morgan fingerprint density at radius 2 is 1.95 bits per heavy atom. The summed E-state index contributed by atoms with van der Waals surface area (Å²) >= 11 is 0.